The molecule has 1 aromatic carbocycles. The summed E-state index contributed by atoms with van der Waals surface area (Å²) in [4.78, 5) is 3.31. The molecule has 26 heavy (non-hydrogen) atoms. The molecule has 4 rings (SSSR count). The molecule has 0 saturated carbocycles. The maximum atomic E-state index is 5.39. The van der Waals surface area contributed by atoms with Gasteiger partial charge in [0.1, 0.15) is 10.8 Å². The lowest BCUT2D eigenvalue weighted by atomic mass is 10.2. The van der Waals surface area contributed by atoms with Gasteiger partial charge in [0.15, 0.2) is 5.82 Å². The highest BCUT2D eigenvalue weighted by atomic mass is 32.1. The molecule has 1 aliphatic heterocycles. The highest BCUT2D eigenvalue weighted by molar-refractivity contribution is 7.17. The summed E-state index contributed by atoms with van der Waals surface area (Å²) in [5.41, 5.74) is 1.03. The van der Waals surface area contributed by atoms with Gasteiger partial charge in [-0.3, -0.25) is 4.90 Å². The van der Waals surface area contributed by atoms with E-state index in [1.165, 1.54) is 25.7 Å². The van der Waals surface area contributed by atoms with Gasteiger partial charge in [-0.15, -0.1) is 10.2 Å². The number of para-hydroxylation sites is 1. The molecule has 136 valence electrons. The summed E-state index contributed by atoms with van der Waals surface area (Å²) in [7, 11) is 1.69. The van der Waals surface area contributed by atoms with Gasteiger partial charge in [-0.1, -0.05) is 42.4 Å². The van der Waals surface area contributed by atoms with Gasteiger partial charge in [-0.05, 0) is 44.1 Å². The highest BCUT2D eigenvalue weighted by Crippen LogP contribution is 2.22. The van der Waals surface area contributed by atoms with Crippen LogP contribution in [-0.4, -0.2) is 44.9 Å². The number of ether oxygens (including phenoxy) is 1. The van der Waals surface area contributed by atoms with Crippen molar-refractivity contribution in [1.29, 1.82) is 0 Å². The number of fused-ring (bicyclic) bond motifs is 1. The maximum absolute atomic E-state index is 5.39. The minimum atomic E-state index is 0.820. The normalized spacial score (nSPS) is 16.3. The Morgan fingerprint density at radius 2 is 1.88 bits per heavy atom. The van der Waals surface area contributed by atoms with Gasteiger partial charge in [0.05, 0.1) is 13.7 Å². The SMILES string of the molecule is COc1ccccc1/C=C/c1nn2c(CN3CCCCCC3)nnc2s1. The van der Waals surface area contributed by atoms with Gasteiger partial charge in [0.25, 0.3) is 0 Å². The van der Waals surface area contributed by atoms with Gasteiger partial charge in [-0.25, -0.2) is 0 Å². The summed E-state index contributed by atoms with van der Waals surface area (Å²) >= 11 is 1.55. The Labute approximate surface area is 157 Å². The first-order valence-electron chi connectivity index (χ1n) is 9.08. The minimum absolute atomic E-state index is 0.820. The zero-order valence-corrected chi connectivity index (χ0v) is 15.8. The number of likely N-dealkylation sites (tertiary alicyclic amines) is 1. The monoisotopic (exact) mass is 369 g/mol. The molecule has 1 aliphatic rings. The van der Waals surface area contributed by atoms with Gasteiger partial charge < -0.3 is 4.74 Å². The van der Waals surface area contributed by atoms with Crippen LogP contribution in [0.1, 0.15) is 42.1 Å². The number of nitrogens with zero attached hydrogens (tertiary/aromatic N) is 5. The number of hydrogen-bond donors (Lipinski definition) is 0. The molecule has 0 bridgehead atoms. The van der Waals surface area contributed by atoms with E-state index in [0.29, 0.717) is 0 Å². The maximum Gasteiger partial charge on any atom is 0.235 e. The Balaban J connectivity index is 1.53. The highest BCUT2D eigenvalue weighted by Gasteiger charge is 2.15. The Morgan fingerprint density at radius 1 is 1.08 bits per heavy atom. The molecule has 0 spiro atoms. The van der Waals surface area contributed by atoms with Crippen molar-refractivity contribution < 1.29 is 4.74 Å². The van der Waals surface area contributed by atoms with Crippen LogP contribution in [0.2, 0.25) is 0 Å². The average Bonchev–Trinajstić information content (AvgIpc) is 3.13. The predicted molar refractivity (Wildman–Crippen MR) is 104 cm³/mol. The van der Waals surface area contributed by atoms with Crippen LogP contribution in [0.4, 0.5) is 0 Å². The molecule has 0 atom stereocenters. The van der Waals surface area contributed by atoms with Crippen molar-refractivity contribution >= 4 is 28.4 Å². The topological polar surface area (TPSA) is 55.6 Å². The van der Waals surface area contributed by atoms with Crippen molar-refractivity contribution in [1.82, 2.24) is 24.7 Å². The molecule has 7 heteroatoms. The molecule has 0 N–H and O–H groups in total. The third kappa shape index (κ3) is 3.78. The summed E-state index contributed by atoms with van der Waals surface area (Å²) < 4.78 is 7.28. The van der Waals surface area contributed by atoms with E-state index in [9.17, 15) is 0 Å². The van der Waals surface area contributed by atoms with E-state index in [1.807, 2.05) is 40.9 Å². The fraction of sp³-hybridized carbons (Fsp3) is 0.421. The number of rotatable bonds is 5. The van der Waals surface area contributed by atoms with Crippen LogP contribution in [0, 0.1) is 0 Å². The molecule has 0 unspecified atom stereocenters. The van der Waals surface area contributed by atoms with Crippen LogP contribution < -0.4 is 4.74 Å². The summed E-state index contributed by atoms with van der Waals surface area (Å²) in [6.45, 7) is 3.10. The second-order valence-corrected chi connectivity index (χ2v) is 7.50. The smallest absolute Gasteiger partial charge is 0.235 e. The van der Waals surface area contributed by atoms with E-state index in [1.54, 1.807) is 18.4 Å². The standard InChI is InChI=1S/C19H23N5OS/c1-25-16-9-5-4-8-15(16)10-11-18-22-24-17(20-21-19(24)26-18)14-23-12-6-2-3-7-13-23/h4-5,8-11H,2-3,6-7,12-14H2,1H3/b11-10+. The van der Waals surface area contributed by atoms with Crippen molar-refractivity contribution in [3.8, 4) is 5.75 Å². The van der Waals surface area contributed by atoms with Crippen LogP contribution in [0.5, 0.6) is 5.75 Å². The Bertz CT molecular complexity index is 892. The quantitative estimate of drug-likeness (QED) is 0.686. The Morgan fingerprint density at radius 3 is 2.69 bits per heavy atom. The summed E-state index contributed by atoms with van der Waals surface area (Å²) in [6, 6.07) is 7.95. The lowest BCUT2D eigenvalue weighted by Gasteiger charge is -2.17. The van der Waals surface area contributed by atoms with Crippen LogP contribution in [-0.2, 0) is 6.54 Å². The first kappa shape index (κ1) is 17.2. The number of hydrogen-bond acceptors (Lipinski definition) is 6. The third-order valence-corrected chi connectivity index (χ3v) is 5.54. The number of benzene rings is 1. The molecule has 1 saturated heterocycles. The second kappa shape index (κ2) is 7.97. The fourth-order valence-corrected chi connectivity index (χ4v) is 4.06. The second-order valence-electron chi connectivity index (χ2n) is 6.52. The number of aromatic nitrogens is 4. The number of methoxy groups -OCH3 is 1. The average molecular weight is 369 g/mol. The molecule has 3 heterocycles. The predicted octanol–water partition coefficient (Wildman–Crippen LogP) is 3.74. The molecular formula is C19H23N5OS. The summed E-state index contributed by atoms with van der Waals surface area (Å²) in [6.07, 6.45) is 9.24. The van der Waals surface area contributed by atoms with Crippen molar-refractivity contribution in [2.45, 2.75) is 32.2 Å². The lowest BCUT2D eigenvalue weighted by Crippen LogP contribution is -2.25. The van der Waals surface area contributed by atoms with Crippen molar-refractivity contribution in [3.05, 3.63) is 40.7 Å². The van der Waals surface area contributed by atoms with Crippen LogP contribution in [0.15, 0.2) is 24.3 Å². The summed E-state index contributed by atoms with van der Waals surface area (Å²) in [5.74, 6) is 1.78. The van der Waals surface area contributed by atoms with E-state index in [0.717, 1.165) is 46.7 Å². The lowest BCUT2D eigenvalue weighted by molar-refractivity contribution is 0.268. The Kier molecular flexibility index (Phi) is 5.26. The zero-order valence-electron chi connectivity index (χ0n) is 15.0. The van der Waals surface area contributed by atoms with E-state index >= 15 is 0 Å². The van der Waals surface area contributed by atoms with E-state index < -0.39 is 0 Å². The largest absolute Gasteiger partial charge is 0.496 e. The first-order valence-corrected chi connectivity index (χ1v) is 9.90. The van der Waals surface area contributed by atoms with Crippen molar-refractivity contribution in [2.75, 3.05) is 20.2 Å². The molecule has 0 aliphatic carbocycles. The van der Waals surface area contributed by atoms with Crippen molar-refractivity contribution in [3.63, 3.8) is 0 Å². The third-order valence-electron chi connectivity index (χ3n) is 4.68. The van der Waals surface area contributed by atoms with Gasteiger partial charge >= 0.3 is 0 Å². The Hall–Kier alpha value is -2.25. The molecule has 2 aromatic heterocycles. The van der Waals surface area contributed by atoms with Gasteiger partial charge in [-0.2, -0.15) is 9.61 Å². The van der Waals surface area contributed by atoms with Gasteiger partial charge in [0.2, 0.25) is 4.96 Å². The van der Waals surface area contributed by atoms with E-state index in [2.05, 4.69) is 20.2 Å². The molecular weight excluding hydrogens is 346 g/mol. The molecule has 0 amide bonds. The van der Waals surface area contributed by atoms with E-state index in [4.69, 9.17) is 4.74 Å². The zero-order chi connectivity index (χ0) is 17.8. The van der Waals surface area contributed by atoms with Crippen molar-refractivity contribution in [2.24, 2.45) is 0 Å². The fourth-order valence-electron chi connectivity index (χ4n) is 3.30. The summed E-state index contributed by atoms with van der Waals surface area (Å²) in [5, 5.41) is 14.2. The van der Waals surface area contributed by atoms with Crippen LogP contribution in [0.25, 0.3) is 17.1 Å². The molecule has 6 nitrogen and oxygen atoms in total. The molecule has 0 radical (unpaired) electrons. The van der Waals surface area contributed by atoms with Crippen LogP contribution in [0.3, 0.4) is 0 Å². The van der Waals surface area contributed by atoms with E-state index in [-0.39, 0.29) is 0 Å². The van der Waals surface area contributed by atoms with Crippen LogP contribution >= 0.6 is 11.3 Å². The molecule has 3 aromatic rings. The minimum Gasteiger partial charge on any atom is -0.496 e. The first-order chi connectivity index (χ1) is 12.8. The molecule has 1 fully saturated rings. The van der Waals surface area contributed by atoms with Gasteiger partial charge in [0, 0.05) is 5.56 Å².